The lowest BCUT2D eigenvalue weighted by atomic mass is 10.2. The minimum absolute atomic E-state index is 0.769. The fraction of sp³-hybridized carbons (Fsp3) is 0.357. The number of rotatable bonds is 6. The number of aromatic nitrogens is 1. The molecule has 0 atom stereocenters. The molecule has 2 aromatic heterocycles. The first-order valence-corrected chi connectivity index (χ1v) is 6.16. The highest BCUT2D eigenvalue weighted by molar-refractivity contribution is 5.48. The van der Waals surface area contributed by atoms with Gasteiger partial charge in [-0.25, -0.2) is 0 Å². The number of hydrogen-bond donors (Lipinski definition) is 2. The lowest BCUT2D eigenvalue weighted by molar-refractivity contribution is 0.464. The molecule has 4 nitrogen and oxygen atoms in total. The van der Waals surface area contributed by atoms with Crippen molar-refractivity contribution in [2.75, 3.05) is 18.4 Å². The van der Waals surface area contributed by atoms with Crippen LogP contribution in [0.15, 0.2) is 35.0 Å². The van der Waals surface area contributed by atoms with Crippen LogP contribution in [0, 0.1) is 13.8 Å². The number of hydrogen-bond acceptors (Lipinski definition) is 4. The zero-order valence-corrected chi connectivity index (χ0v) is 10.9. The van der Waals surface area contributed by atoms with Gasteiger partial charge in [-0.1, -0.05) is 0 Å². The van der Waals surface area contributed by atoms with Gasteiger partial charge in [-0.15, -0.1) is 0 Å². The Balaban J connectivity index is 1.66. The third-order valence-corrected chi connectivity index (χ3v) is 2.73. The molecule has 0 bridgehead atoms. The summed E-state index contributed by atoms with van der Waals surface area (Å²) in [7, 11) is 0. The number of anilines is 1. The molecule has 2 aromatic rings. The van der Waals surface area contributed by atoms with Gasteiger partial charge in [-0.2, -0.15) is 0 Å². The van der Waals surface area contributed by atoms with Crippen molar-refractivity contribution in [2.24, 2.45) is 0 Å². The molecule has 96 valence electrons. The maximum Gasteiger partial charge on any atom is 0.117 e. The van der Waals surface area contributed by atoms with Crippen molar-refractivity contribution in [3.63, 3.8) is 0 Å². The van der Waals surface area contributed by atoms with E-state index in [0.29, 0.717) is 0 Å². The Morgan fingerprint density at radius 2 is 2.06 bits per heavy atom. The van der Waals surface area contributed by atoms with Gasteiger partial charge in [-0.3, -0.25) is 4.98 Å². The van der Waals surface area contributed by atoms with E-state index >= 15 is 0 Å². The van der Waals surface area contributed by atoms with E-state index in [1.54, 1.807) is 6.20 Å². The fourth-order valence-electron chi connectivity index (χ4n) is 1.75. The van der Waals surface area contributed by atoms with Crippen LogP contribution in [0.1, 0.15) is 17.1 Å². The molecule has 2 heterocycles. The van der Waals surface area contributed by atoms with Gasteiger partial charge in [0, 0.05) is 31.2 Å². The van der Waals surface area contributed by atoms with Crippen LogP contribution >= 0.6 is 0 Å². The predicted octanol–water partition coefficient (Wildman–Crippen LogP) is 2.49. The SMILES string of the molecule is Cc1ccc(CNCCNc2ccncc2C)o1. The van der Waals surface area contributed by atoms with Gasteiger partial charge in [0.25, 0.3) is 0 Å². The third-order valence-electron chi connectivity index (χ3n) is 2.73. The topological polar surface area (TPSA) is 50.1 Å². The van der Waals surface area contributed by atoms with Crippen molar-refractivity contribution in [3.05, 3.63) is 47.7 Å². The number of aryl methyl sites for hydroxylation is 2. The Hall–Kier alpha value is -1.81. The molecule has 0 aliphatic heterocycles. The first-order valence-electron chi connectivity index (χ1n) is 6.16. The molecule has 0 saturated carbocycles. The zero-order chi connectivity index (χ0) is 12.8. The number of furan rings is 1. The van der Waals surface area contributed by atoms with Gasteiger partial charge >= 0.3 is 0 Å². The van der Waals surface area contributed by atoms with Crippen LogP contribution in [0.2, 0.25) is 0 Å². The minimum Gasteiger partial charge on any atom is -0.465 e. The van der Waals surface area contributed by atoms with Gasteiger partial charge in [-0.05, 0) is 37.6 Å². The van der Waals surface area contributed by atoms with E-state index in [4.69, 9.17) is 4.42 Å². The maximum atomic E-state index is 5.48. The average Bonchev–Trinajstić information content (AvgIpc) is 2.77. The molecule has 0 aliphatic carbocycles. The molecule has 0 amide bonds. The van der Waals surface area contributed by atoms with E-state index in [1.165, 1.54) is 5.56 Å². The van der Waals surface area contributed by atoms with Crippen LogP contribution in [0.5, 0.6) is 0 Å². The molecular weight excluding hydrogens is 226 g/mol. The molecule has 0 aromatic carbocycles. The van der Waals surface area contributed by atoms with Gasteiger partial charge < -0.3 is 15.1 Å². The van der Waals surface area contributed by atoms with Crippen molar-refractivity contribution in [1.29, 1.82) is 0 Å². The molecule has 2 rings (SSSR count). The first kappa shape index (κ1) is 12.6. The molecular formula is C14H19N3O. The maximum absolute atomic E-state index is 5.48. The van der Waals surface area contributed by atoms with Crippen LogP contribution in [-0.2, 0) is 6.54 Å². The van der Waals surface area contributed by atoms with Crippen LogP contribution in [0.3, 0.4) is 0 Å². The molecule has 4 heteroatoms. The van der Waals surface area contributed by atoms with E-state index in [9.17, 15) is 0 Å². The van der Waals surface area contributed by atoms with Crippen molar-refractivity contribution < 1.29 is 4.42 Å². The summed E-state index contributed by atoms with van der Waals surface area (Å²) in [5.74, 6) is 1.94. The third kappa shape index (κ3) is 3.60. The summed E-state index contributed by atoms with van der Waals surface area (Å²) in [5.41, 5.74) is 2.31. The first-order chi connectivity index (χ1) is 8.75. The Kier molecular flexibility index (Phi) is 4.36. The Bertz CT molecular complexity index is 493. The van der Waals surface area contributed by atoms with Crippen molar-refractivity contribution >= 4 is 5.69 Å². The zero-order valence-electron chi connectivity index (χ0n) is 10.9. The summed E-state index contributed by atoms with van der Waals surface area (Å²) in [4.78, 5) is 4.06. The number of nitrogens with one attached hydrogen (secondary N) is 2. The van der Waals surface area contributed by atoms with E-state index in [2.05, 4.69) is 15.6 Å². The van der Waals surface area contributed by atoms with E-state index in [-0.39, 0.29) is 0 Å². The molecule has 0 fully saturated rings. The Labute approximate surface area is 107 Å². The molecule has 0 saturated heterocycles. The van der Waals surface area contributed by atoms with Crippen LogP contribution < -0.4 is 10.6 Å². The normalized spacial score (nSPS) is 10.6. The van der Waals surface area contributed by atoms with E-state index < -0.39 is 0 Å². The summed E-state index contributed by atoms with van der Waals surface area (Å²) in [6.07, 6.45) is 3.66. The predicted molar refractivity (Wildman–Crippen MR) is 72.6 cm³/mol. The highest BCUT2D eigenvalue weighted by Crippen LogP contribution is 2.10. The van der Waals surface area contributed by atoms with Gasteiger partial charge in [0.15, 0.2) is 0 Å². The van der Waals surface area contributed by atoms with Crippen LogP contribution in [0.4, 0.5) is 5.69 Å². The van der Waals surface area contributed by atoms with Gasteiger partial charge in [0.05, 0.1) is 6.54 Å². The molecule has 0 unspecified atom stereocenters. The minimum atomic E-state index is 0.769. The van der Waals surface area contributed by atoms with Crippen molar-refractivity contribution in [1.82, 2.24) is 10.3 Å². The summed E-state index contributed by atoms with van der Waals surface area (Å²) < 4.78 is 5.48. The van der Waals surface area contributed by atoms with Crippen LogP contribution in [-0.4, -0.2) is 18.1 Å². The monoisotopic (exact) mass is 245 g/mol. The van der Waals surface area contributed by atoms with Crippen LogP contribution in [0.25, 0.3) is 0 Å². The average molecular weight is 245 g/mol. The Morgan fingerprint density at radius 1 is 1.17 bits per heavy atom. The summed E-state index contributed by atoms with van der Waals surface area (Å²) >= 11 is 0. The van der Waals surface area contributed by atoms with E-state index in [0.717, 1.165) is 36.8 Å². The molecule has 2 N–H and O–H groups in total. The lowest BCUT2D eigenvalue weighted by Gasteiger charge is -2.09. The fourth-order valence-corrected chi connectivity index (χ4v) is 1.75. The highest BCUT2D eigenvalue weighted by atomic mass is 16.3. The molecule has 0 aliphatic rings. The lowest BCUT2D eigenvalue weighted by Crippen LogP contribution is -2.21. The van der Waals surface area contributed by atoms with E-state index in [1.807, 2.05) is 38.2 Å². The van der Waals surface area contributed by atoms with Gasteiger partial charge in [0.2, 0.25) is 0 Å². The number of pyridine rings is 1. The molecule has 0 spiro atoms. The summed E-state index contributed by atoms with van der Waals surface area (Å²) in [6, 6.07) is 5.98. The largest absolute Gasteiger partial charge is 0.465 e. The summed E-state index contributed by atoms with van der Waals surface area (Å²) in [5, 5.41) is 6.70. The second-order valence-corrected chi connectivity index (χ2v) is 4.31. The number of nitrogens with zero attached hydrogens (tertiary/aromatic N) is 1. The van der Waals surface area contributed by atoms with Gasteiger partial charge in [0.1, 0.15) is 11.5 Å². The van der Waals surface area contributed by atoms with Crippen molar-refractivity contribution in [3.8, 4) is 0 Å². The Morgan fingerprint density at radius 3 is 2.78 bits per heavy atom. The van der Waals surface area contributed by atoms with Crippen molar-refractivity contribution in [2.45, 2.75) is 20.4 Å². The smallest absolute Gasteiger partial charge is 0.117 e. The second kappa shape index (κ2) is 6.21. The second-order valence-electron chi connectivity index (χ2n) is 4.31. The molecule has 0 radical (unpaired) electrons. The highest BCUT2D eigenvalue weighted by Gasteiger charge is 1.98. The quantitative estimate of drug-likeness (QED) is 0.768. The standard InChI is InChI=1S/C14H19N3O/c1-11-9-15-6-5-14(11)17-8-7-16-10-13-4-3-12(2)18-13/h3-6,9,16H,7-8,10H2,1-2H3,(H,15,17). The summed E-state index contributed by atoms with van der Waals surface area (Å²) in [6.45, 7) is 6.54. The molecule has 18 heavy (non-hydrogen) atoms.